The summed E-state index contributed by atoms with van der Waals surface area (Å²) in [6.07, 6.45) is 5.31. The highest BCUT2D eigenvalue weighted by molar-refractivity contribution is 6.03. The molecule has 6 rings (SSSR count). The molecule has 170 valence electrons. The number of nitrogen functional groups attached to an aromatic ring is 1. The fourth-order valence-corrected chi connectivity index (χ4v) is 4.83. The van der Waals surface area contributed by atoms with Gasteiger partial charge in [-0.2, -0.15) is 10.2 Å². The summed E-state index contributed by atoms with van der Waals surface area (Å²) in [5.74, 6) is 0.368. The number of nitrogens with one attached hydrogen (secondary N) is 1. The van der Waals surface area contributed by atoms with Gasteiger partial charge in [-0.3, -0.25) is 9.48 Å². The Bertz CT molecular complexity index is 1500. The molecule has 1 aliphatic heterocycles. The average molecular weight is 452 g/mol. The number of carbonyl (C=O) groups is 1. The van der Waals surface area contributed by atoms with Crippen LogP contribution in [0.25, 0.3) is 27.5 Å². The average Bonchev–Trinajstić information content (AvgIpc) is 3.46. The van der Waals surface area contributed by atoms with Crippen LogP contribution in [0.4, 0.5) is 5.82 Å². The van der Waals surface area contributed by atoms with E-state index in [9.17, 15) is 4.79 Å². The quantitative estimate of drug-likeness (QED) is 0.396. The molecule has 2 aromatic carbocycles. The molecule has 4 heterocycles. The van der Waals surface area contributed by atoms with E-state index in [1.807, 2.05) is 47.3 Å². The maximum Gasteiger partial charge on any atom is 0.185 e. The second-order valence-corrected chi connectivity index (χ2v) is 8.84. The van der Waals surface area contributed by atoms with E-state index in [1.165, 1.54) is 11.9 Å². The van der Waals surface area contributed by atoms with Gasteiger partial charge >= 0.3 is 0 Å². The van der Waals surface area contributed by atoms with Crippen LogP contribution >= 0.6 is 0 Å². The summed E-state index contributed by atoms with van der Waals surface area (Å²) in [6, 6.07) is 18.3. The summed E-state index contributed by atoms with van der Waals surface area (Å²) >= 11 is 0. The van der Waals surface area contributed by atoms with Gasteiger partial charge in [-0.15, -0.1) is 0 Å². The lowest BCUT2D eigenvalue weighted by Gasteiger charge is -2.21. The Morgan fingerprint density at radius 1 is 1.15 bits per heavy atom. The summed E-state index contributed by atoms with van der Waals surface area (Å²) in [5.41, 5.74) is 11.3. The second-order valence-electron chi connectivity index (χ2n) is 8.84. The van der Waals surface area contributed by atoms with E-state index in [4.69, 9.17) is 10.8 Å². The van der Waals surface area contributed by atoms with Gasteiger partial charge in [0.2, 0.25) is 0 Å². The first-order valence-corrected chi connectivity index (χ1v) is 11.6. The molecule has 0 bridgehead atoms. The highest BCUT2D eigenvalue weighted by atomic mass is 16.1. The summed E-state index contributed by atoms with van der Waals surface area (Å²) < 4.78 is 3.59. The minimum absolute atomic E-state index is 0.0629. The predicted octanol–water partition coefficient (Wildman–Crippen LogP) is 3.56. The second kappa shape index (κ2) is 8.39. The third-order valence-electron chi connectivity index (χ3n) is 6.56. The number of carbonyl (C=O) groups excluding carboxylic acids is 1. The highest BCUT2D eigenvalue weighted by Crippen LogP contribution is 2.33. The number of hydrogen-bond acceptors (Lipinski definition) is 6. The van der Waals surface area contributed by atoms with Gasteiger partial charge in [0.25, 0.3) is 0 Å². The Morgan fingerprint density at radius 2 is 2.03 bits per heavy atom. The summed E-state index contributed by atoms with van der Waals surface area (Å²) in [7, 11) is 0. The topological polar surface area (TPSA) is 103 Å². The highest BCUT2D eigenvalue weighted by Gasteiger charge is 2.27. The van der Waals surface area contributed by atoms with Gasteiger partial charge in [0, 0.05) is 29.6 Å². The summed E-state index contributed by atoms with van der Waals surface area (Å²) in [4.78, 5) is 17.6. The third kappa shape index (κ3) is 3.62. The Labute approximate surface area is 196 Å². The number of fused-ring (bicyclic) bond motifs is 2. The van der Waals surface area contributed by atoms with Gasteiger partial charge in [0.1, 0.15) is 17.5 Å². The number of aromatic nitrogens is 5. The van der Waals surface area contributed by atoms with E-state index in [1.54, 1.807) is 4.52 Å². The van der Waals surface area contributed by atoms with Crippen molar-refractivity contribution in [1.29, 1.82) is 0 Å². The summed E-state index contributed by atoms with van der Waals surface area (Å²) in [5, 5.41) is 13.5. The number of ketones is 1. The molecule has 0 spiro atoms. The Hall–Kier alpha value is -4.04. The molecule has 0 aliphatic carbocycles. The number of benzene rings is 2. The number of anilines is 1. The van der Waals surface area contributed by atoms with Crippen LogP contribution < -0.4 is 11.1 Å². The molecule has 0 amide bonds. The fraction of sp³-hybridized carbons (Fsp3) is 0.231. The zero-order valence-electron chi connectivity index (χ0n) is 18.7. The maximum absolute atomic E-state index is 13.4. The molecule has 3 aromatic heterocycles. The normalized spacial score (nSPS) is 16.3. The standard InChI is InChI=1S/C26H25N7O/c27-26-24-21(12-23(33(24)30-16-29-26)25(34)19-7-4-10-28-13-19)18-8-9-20-15-32(31-22(20)11-18)14-17-5-2-1-3-6-17/h1-3,5-6,8-9,11-12,15-16,19,28H,4,7,10,13-14H2,(H2,27,29,30). The van der Waals surface area contributed by atoms with Crippen molar-refractivity contribution < 1.29 is 4.79 Å². The molecule has 1 fully saturated rings. The van der Waals surface area contributed by atoms with Gasteiger partial charge < -0.3 is 11.1 Å². The predicted molar refractivity (Wildman–Crippen MR) is 132 cm³/mol. The van der Waals surface area contributed by atoms with Crippen LogP contribution in [0, 0.1) is 5.92 Å². The number of Topliss-reactive ketones (excluding diaryl/α,β-unsaturated/α-hetero) is 1. The van der Waals surface area contributed by atoms with Gasteiger partial charge in [0.15, 0.2) is 11.6 Å². The van der Waals surface area contributed by atoms with Crippen LogP contribution in [-0.4, -0.2) is 43.3 Å². The first-order valence-electron chi connectivity index (χ1n) is 11.6. The smallest absolute Gasteiger partial charge is 0.185 e. The Balaban J connectivity index is 1.42. The largest absolute Gasteiger partial charge is 0.382 e. The third-order valence-corrected chi connectivity index (χ3v) is 6.56. The lowest BCUT2D eigenvalue weighted by molar-refractivity contribution is 0.0892. The molecule has 1 saturated heterocycles. The first-order chi connectivity index (χ1) is 16.7. The fourth-order valence-electron chi connectivity index (χ4n) is 4.83. The van der Waals surface area contributed by atoms with Crippen molar-refractivity contribution in [2.24, 2.45) is 5.92 Å². The van der Waals surface area contributed by atoms with Crippen molar-refractivity contribution in [3.63, 3.8) is 0 Å². The summed E-state index contributed by atoms with van der Waals surface area (Å²) in [6.45, 7) is 2.34. The van der Waals surface area contributed by atoms with E-state index >= 15 is 0 Å². The number of piperidine rings is 1. The molecule has 8 heteroatoms. The molecule has 8 nitrogen and oxygen atoms in total. The van der Waals surface area contributed by atoms with Crippen molar-refractivity contribution in [3.8, 4) is 11.1 Å². The molecule has 3 N–H and O–H groups in total. The molecule has 1 aliphatic rings. The molecule has 0 radical (unpaired) electrons. The van der Waals surface area contributed by atoms with Gasteiger partial charge in [0.05, 0.1) is 12.1 Å². The number of nitrogens with zero attached hydrogens (tertiary/aromatic N) is 5. The van der Waals surface area contributed by atoms with Crippen molar-refractivity contribution in [3.05, 3.63) is 78.4 Å². The minimum Gasteiger partial charge on any atom is -0.382 e. The van der Waals surface area contributed by atoms with E-state index in [2.05, 4.69) is 33.6 Å². The van der Waals surface area contributed by atoms with E-state index < -0.39 is 0 Å². The lowest BCUT2D eigenvalue weighted by Crippen LogP contribution is -2.35. The molecule has 34 heavy (non-hydrogen) atoms. The van der Waals surface area contributed by atoms with Gasteiger partial charge in [-0.1, -0.05) is 42.5 Å². The van der Waals surface area contributed by atoms with Crippen molar-refractivity contribution in [2.45, 2.75) is 19.4 Å². The van der Waals surface area contributed by atoms with Crippen LogP contribution in [-0.2, 0) is 6.54 Å². The first kappa shape index (κ1) is 20.6. The van der Waals surface area contributed by atoms with Gasteiger partial charge in [-0.25, -0.2) is 9.50 Å². The van der Waals surface area contributed by atoms with Crippen LogP contribution in [0.3, 0.4) is 0 Å². The maximum atomic E-state index is 13.4. The number of nitrogens with two attached hydrogens (primary N) is 1. The molecule has 1 unspecified atom stereocenters. The van der Waals surface area contributed by atoms with E-state index in [0.717, 1.165) is 41.4 Å². The molecular weight excluding hydrogens is 426 g/mol. The van der Waals surface area contributed by atoms with Crippen molar-refractivity contribution in [2.75, 3.05) is 18.8 Å². The molecule has 1 atom stereocenters. The van der Waals surface area contributed by atoms with Crippen LogP contribution in [0.5, 0.6) is 0 Å². The molecular formula is C26H25N7O. The number of hydrogen-bond donors (Lipinski definition) is 2. The minimum atomic E-state index is -0.0629. The van der Waals surface area contributed by atoms with Crippen molar-refractivity contribution >= 4 is 28.0 Å². The molecule has 0 saturated carbocycles. The van der Waals surface area contributed by atoms with Crippen LogP contribution in [0.2, 0.25) is 0 Å². The lowest BCUT2D eigenvalue weighted by atomic mass is 9.93. The van der Waals surface area contributed by atoms with E-state index in [0.29, 0.717) is 30.1 Å². The van der Waals surface area contributed by atoms with Crippen LogP contribution in [0.15, 0.2) is 67.1 Å². The van der Waals surface area contributed by atoms with Gasteiger partial charge in [-0.05, 0) is 42.6 Å². The number of rotatable bonds is 5. The monoisotopic (exact) mass is 451 g/mol. The zero-order chi connectivity index (χ0) is 23.1. The molecule has 5 aromatic rings. The Morgan fingerprint density at radius 3 is 2.85 bits per heavy atom. The SMILES string of the molecule is Nc1ncnn2c(C(=O)C3CCCNC3)cc(-c3ccc4cn(Cc5ccccc5)nc4c3)c12. The van der Waals surface area contributed by atoms with Crippen molar-refractivity contribution in [1.82, 2.24) is 29.7 Å². The zero-order valence-corrected chi connectivity index (χ0v) is 18.7. The Kier molecular flexibility index (Phi) is 5.07. The van der Waals surface area contributed by atoms with Crippen LogP contribution in [0.1, 0.15) is 28.9 Å². The van der Waals surface area contributed by atoms with E-state index in [-0.39, 0.29) is 11.7 Å².